The summed E-state index contributed by atoms with van der Waals surface area (Å²) in [6, 6.07) is -0.329. The topological polar surface area (TPSA) is 69.7 Å². The summed E-state index contributed by atoms with van der Waals surface area (Å²) in [5.74, 6) is -0.0967. The maximum atomic E-state index is 11.7. The Morgan fingerprint density at radius 2 is 1.53 bits per heavy atom. The molecule has 0 unspecified atom stereocenters. The highest BCUT2D eigenvalue weighted by Crippen LogP contribution is 2.28. The normalized spacial score (nSPS) is 20.1. The van der Waals surface area contributed by atoms with E-state index >= 15 is 0 Å². The van der Waals surface area contributed by atoms with Crippen molar-refractivity contribution in [2.24, 2.45) is 5.92 Å². The van der Waals surface area contributed by atoms with E-state index in [9.17, 15) is 14.4 Å². The number of nitrogens with one attached hydrogen (secondary N) is 1. The highest BCUT2D eigenvalue weighted by atomic mass is 16.2. The van der Waals surface area contributed by atoms with Crippen LogP contribution in [-0.4, -0.2) is 53.8 Å². The molecule has 6 nitrogen and oxygen atoms in total. The quantitative estimate of drug-likeness (QED) is 0.688. The smallest absolute Gasteiger partial charge is 0.324 e. The van der Waals surface area contributed by atoms with Crippen molar-refractivity contribution in [1.29, 1.82) is 0 Å². The molecule has 2 aliphatic rings. The van der Waals surface area contributed by atoms with Crippen LogP contribution in [-0.2, 0) is 9.59 Å². The van der Waals surface area contributed by atoms with E-state index in [1.54, 1.807) is 9.80 Å². The number of imide groups is 1. The Labute approximate surface area is 99.9 Å². The third-order valence-corrected chi connectivity index (χ3v) is 3.19. The number of hydrogen-bond donors (Lipinski definition) is 1. The average molecular weight is 239 g/mol. The summed E-state index contributed by atoms with van der Waals surface area (Å²) < 4.78 is 0. The summed E-state index contributed by atoms with van der Waals surface area (Å²) in [6.45, 7) is 3.58. The van der Waals surface area contributed by atoms with Crippen molar-refractivity contribution >= 4 is 17.8 Å². The predicted octanol–water partition coefficient (Wildman–Crippen LogP) is -0.203. The highest BCUT2D eigenvalue weighted by Gasteiger charge is 2.32. The molecular formula is C11H17N3O3. The van der Waals surface area contributed by atoms with Gasteiger partial charge in [0.2, 0.25) is 11.8 Å². The molecule has 1 saturated heterocycles. The first-order valence-corrected chi connectivity index (χ1v) is 5.93. The summed E-state index contributed by atoms with van der Waals surface area (Å²) in [7, 11) is 0. The molecule has 1 aliphatic carbocycles. The lowest BCUT2D eigenvalue weighted by molar-refractivity contribution is -0.130. The minimum absolute atomic E-state index is 0.0270. The van der Waals surface area contributed by atoms with E-state index in [0.717, 1.165) is 12.8 Å². The molecule has 17 heavy (non-hydrogen) atoms. The van der Waals surface area contributed by atoms with Crippen LogP contribution in [0.2, 0.25) is 0 Å². The standard InChI is InChI=1S/C11H17N3O3/c1-8(15)13-4-6-14(7-5-13)11(17)12-10(16)9-2-3-9/h9H,2-7H2,1H3,(H,12,16,17). The van der Waals surface area contributed by atoms with Crippen molar-refractivity contribution in [3.05, 3.63) is 0 Å². The fourth-order valence-corrected chi connectivity index (χ4v) is 1.86. The molecule has 94 valence electrons. The molecular weight excluding hydrogens is 222 g/mol. The van der Waals surface area contributed by atoms with Crippen molar-refractivity contribution in [3.8, 4) is 0 Å². The van der Waals surface area contributed by atoms with Gasteiger partial charge in [0.05, 0.1) is 0 Å². The summed E-state index contributed by atoms with van der Waals surface area (Å²) in [5.41, 5.74) is 0. The average Bonchev–Trinajstić information content (AvgIpc) is 3.12. The summed E-state index contributed by atoms with van der Waals surface area (Å²) in [4.78, 5) is 37.5. The van der Waals surface area contributed by atoms with Crippen LogP contribution in [0.1, 0.15) is 19.8 Å². The van der Waals surface area contributed by atoms with Crippen LogP contribution in [0.3, 0.4) is 0 Å². The van der Waals surface area contributed by atoms with Gasteiger partial charge in [-0.1, -0.05) is 0 Å². The van der Waals surface area contributed by atoms with E-state index in [0.29, 0.717) is 26.2 Å². The highest BCUT2D eigenvalue weighted by molar-refractivity contribution is 5.96. The maximum Gasteiger partial charge on any atom is 0.324 e. The van der Waals surface area contributed by atoms with Gasteiger partial charge in [-0.25, -0.2) is 4.79 Å². The van der Waals surface area contributed by atoms with Gasteiger partial charge in [-0.15, -0.1) is 0 Å². The van der Waals surface area contributed by atoms with Crippen molar-refractivity contribution < 1.29 is 14.4 Å². The van der Waals surface area contributed by atoms with Crippen LogP contribution < -0.4 is 5.32 Å². The van der Waals surface area contributed by atoms with Crippen molar-refractivity contribution in [2.45, 2.75) is 19.8 Å². The van der Waals surface area contributed by atoms with Gasteiger partial charge >= 0.3 is 6.03 Å². The second kappa shape index (κ2) is 4.73. The summed E-state index contributed by atoms with van der Waals surface area (Å²) >= 11 is 0. The number of amides is 4. The van der Waals surface area contributed by atoms with Gasteiger partial charge in [-0.05, 0) is 12.8 Å². The molecule has 0 radical (unpaired) electrons. The number of urea groups is 1. The fraction of sp³-hybridized carbons (Fsp3) is 0.727. The minimum atomic E-state index is -0.329. The van der Waals surface area contributed by atoms with Gasteiger partial charge in [-0.2, -0.15) is 0 Å². The van der Waals surface area contributed by atoms with Crippen molar-refractivity contribution in [1.82, 2.24) is 15.1 Å². The minimum Gasteiger partial charge on any atom is -0.339 e. The third-order valence-electron chi connectivity index (χ3n) is 3.19. The molecule has 0 spiro atoms. The number of carbonyl (C=O) groups excluding carboxylic acids is 3. The molecule has 0 bridgehead atoms. The van der Waals surface area contributed by atoms with Crippen LogP contribution in [0.4, 0.5) is 4.79 Å². The molecule has 2 fully saturated rings. The largest absolute Gasteiger partial charge is 0.339 e. The summed E-state index contributed by atoms with van der Waals surface area (Å²) in [6.07, 6.45) is 1.77. The monoisotopic (exact) mass is 239 g/mol. The van der Waals surface area contributed by atoms with Gasteiger partial charge in [-0.3, -0.25) is 14.9 Å². The van der Waals surface area contributed by atoms with E-state index in [2.05, 4.69) is 5.32 Å². The zero-order valence-corrected chi connectivity index (χ0v) is 9.94. The summed E-state index contributed by atoms with van der Waals surface area (Å²) in [5, 5.41) is 2.40. The van der Waals surface area contributed by atoms with Crippen LogP contribution in [0.15, 0.2) is 0 Å². The number of rotatable bonds is 1. The molecule has 0 aromatic carbocycles. The Kier molecular flexibility index (Phi) is 3.31. The molecule has 1 aliphatic heterocycles. The predicted molar refractivity (Wildman–Crippen MR) is 60.1 cm³/mol. The first kappa shape index (κ1) is 11.9. The van der Waals surface area contributed by atoms with E-state index in [1.807, 2.05) is 0 Å². The fourth-order valence-electron chi connectivity index (χ4n) is 1.86. The van der Waals surface area contributed by atoms with Gasteiger partial charge in [0.25, 0.3) is 0 Å². The van der Waals surface area contributed by atoms with Crippen LogP contribution in [0.5, 0.6) is 0 Å². The number of nitrogens with zero attached hydrogens (tertiary/aromatic N) is 2. The number of carbonyl (C=O) groups is 3. The van der Waals surface area contributed by atoms with E-state index < -0.39 is 0 Å². The Balaban J connectivity index is 1.77. The first-order valence-electron chi connectivity index (χ1n) is 5.93. The maximum absolute atomic E-state index is 11.7. The van der Waals surface area contributed by atoms with Crippen molar-refractivity contribution in [2.75, 3.05) is 26.2 Å². The molecule has 4 amide bonds. The molecule has 0 atom stereocenters. The SMILES string of the molecule is CC(=O)N1CCN(C(=O)NC(=O)C2CC2)CC1. The molecule has 2 rings (SSSR count). The second-order valence-corrected chi connectivity index (χ2v) is 4.56. The molecule has 0 aromatic rings. The number of hydrogen-bond acceptors (Lipinski definition) is 3. The third kappa shape index (κ3) is 2.95. The van der Waals surface area contributed by atoms with Crippen LogP contribution in [0, 0.1) is 5.92 Å². The Morgan fingerprint density at radius 1 is 1.00 bits per heavy atom. The van der Waals surface area contributed by atoms with Gasteiger partial charge in [0, 0.05) is 39.0 Å². The van der Waals surface area contributed by atoms with E-state index in [-0.39, 0.29) is 23.8 Å². The Hall–Kier alpha value is -1.59. The van der Waals surface area contributed by atoms with E-state index in [1.165, 1.54) is 6.92 Å². The van der Waals surface area contributed by atoms with Crippen LogP contribution >= 0.6 is 0 Å². The van der Waals surface area contributed by atoms with Crippen molar-refractivity contribution in [3.63, 3.8) is 0 Å². The Morgan fingerprint density at radius 3 is 2.00 bits per heavy atom. The first-order chi connectivity index (χ1) is 8.08. The van der Waals surface area contributed by atoms with Crippen LogP contribution in [0.25, 0.3) is 0 Å². The zero-order valence-electron chi connectivity index (χ0n) is 9.94. The lowest BCUT2D eigenvalue weighted by Crippen LogP contribution is -2.53. The van der Waals surface area contributed by atoms with Gasteiger partial charge in [0.15, 0.2) is 0 Å². The molecule has 1 saturated carbocycles. The molecule has 6 heteroatoms. The van der Waals surface area contributed by atoms with E-state index in [4.69, 9.17) is 0 Å². The lowest BCUT2D eigenvalue weighted by atomic mass is 10.3. The number of piperazine rings is 1. The van der Waals surface area contributed by atoms with Gasteiger partial charge < -0.3 is 9.80 Å². The molecule has 1 N–H and O–H groups in total. The zero-order chi connectivity index (χ0) is 12.4. The molecule has 1 heterocycles. The molecule has 0 aromatic heterocycles. The second-order valence-electron chi connectivity index (χ2n) is 4.56. The Bertz CT molecular complexity index is 344. The lowest BCUT2D eigenvalue weighted by Gasteiger charge is -2.33. The van der Waals surface area contributed by atoms with Gasteiger partial charge in [0.1, 0.15) is 0 Å².